The molecule has 3 aromatic carbocycles. The Hall–Kier alpha value is -5.14. The van der Waals surface area contributed by atoms with E-state index in [2.05, 4.69) is 65.9 Å². The molecule has 6 rings (SSSR count). The number of hydrogen-bond acceptors (Lipinski definition) is 5. The molecule has 0 radical (unpaired) electrons. The van der Waals surface area contributed by atoms with Crippen LogP contribution in [0, 0.1) is 19.8 Å². The van der Waals surface area contributed by atoms with E-state index in [9.17, 15) is 4.79 Å². The number of likely N-dealkylation sites (N-methyl/N-ethyl adjacent to an activating group) is 1. The maximum absolute atomic E-state index is 13.5. The average Bonchev–Trinajstić information content (AvgIpc) is 3.99. The van der Waals surface area contributed by atoms with E-state index < -0.39 is 5.54 Å². The number of aliphatic imine (C=N–C) groups is 2. The second kappa shape index (κ2) is 19.2. The van der Waals surface area contributed by atoms with Crippen molar-refractivity contribution in [2.75, 3.05) is 21.2 Å². The van der Waals surface area contributed by atoms with Crippen LogP contribution in [0.25, 0.3) is 22.0 Å². The minimum absolute atomic E-state index is 0.0348. The highest BCUT2D eigenvalue weighted by molar-refractivity contribution is 5.95. The molecular formula is C43H53N5O2. The predicted molar refractivity (Wildman–Crippen MR) is 212 cm³/mol. The van der Waals surface area contributed by atoms with Crippen LogP contribution in [0.4, 0.5) is 0 Å². The number of aliphatic hydroxyl groups excluding tert-OH is 1. The third-order valence-electron chi connectivity index (χ3n) is 8.45. The first-order valence-electron chi connectivity index (χ1n) is 17.3. The lowest BCUT2D eigenvalue weighted by atomic mass is 9.80. The van der Waals surface area contributed by atoms with Gasteiger partial charge in [0.2, 0.25) is 0 Å². The summed E-state index contributed by atoms with van der Waals surface area (Å²) in [4.78, 5) is 29.4. The van der Waals surface area contributed by atoms with Crippen LogP contribution in [-0.2, 0) is 12.1 Å². The Morgan fingerprint density at radius 3 is 2.14 bits per heavy atom. The van der Waals surface area contributed by atoms with Crippen LogP contribution >= 0.6 is 0 Å². The van der Waals surface area contributed by atoms with Crippen LogP contribution in [-0.4, -0.2) is 53.3 Å². The van der Waals surface area contributed by atoms with E-state index in [4.69, 9.17) is 10.1 Å². The van der Waals surface area contributed by atoms with Crippen molar-refractivity contribution in [1.29, 1.82) is 0 Å². The molecule has 0 amide bonds. The molecule has 1 saturated carbocycles. The Bertz CT molecular complexity index is 1900. The van der Waals surface area contributed by atoms with Crippen molar-refractivity contribution < 1.29 is 5.11 Å². The summed E-state index contributed by atoms with van der Waals surface area (Å²) < 4.78 is 1.94. The number of nitrogens with zero attached hydrogens (tertiary/aromatic N) is 5. The Kier molecular flexibility index (Phi) is 15.1. The fourth-order valence-electron chi connectivity index (χ4n) is 5.89. The van der Waals surface area contributed by atoms with Gasteiger partial charge >= 0.3 is 0 Å². The molecule has 0 bridgehead atoms. The van der Waals surface area contributed by atoms with Crippen molar-refractivity contribution in [3.05, 3.63) is 148 Å². The molecule has 1 atom stereocenters. The standard InChI is InChI=1S/C34H37N5O.C6H6.C2H6.CH4O/c1-7-37-34(25(4)38(6)22-35-5,29-14-11-24(3)36-20-29)28-15-16-32-31(18-28)30(27-10-8-9-23(2)17-27)19-33(40)39(32)21-26-12-13-26;1-2-4-6-5-3-1;2*1-2/h7-11,14-20,22,26H,4,12-13,21H2,1-3,5-6H3;1-6H;1-2H3;2H,1H3. The monoisotopic (exact) mass is 671 g/mol. The molecule has 1 N–H and O–H groups in total. The highest BCUT2D eigenvalue weighted by Crippen LogP contribution is 2.43. The molecule has 1 aliphatic carbocycles. The third kappa shape index (κ3) is 9.30. The largest absolute Gasteiger partial charge is 0.400 e. The summed E-state index contributed by atoms with van der Waals surface area (Å²) >= 11 is 0. The highest BCUT2D eigenvalue weighted by Gasteiger charge is 2.39. The second-order valence-corrected chi connectivity index (χ2v) is 11.9. The molecule has 1 aliphatic rings. The summed E-state index contributed by atoms with van der Waals surface area (Å²) in [6, 6.07) is 32.5. The molecule has 7 heteroatoms. The third-order valence-corrected chi connectivity index (χ3v) is 8.45. The van der Waals surface area contributed by atoms with Crippen molar-refractivity contribution in [3.63, 3.8) is 0 Å². The van der Waals surface area contributed by atoms with Crippen molar-refractivity contribution in [2.45, 2.75) is 59.5 Å². The number of aryl methyl sites for hydroxylation is 2. The Morgan fingerprint density at radius 1 is 0.960 bits per heavy atom. The van der Waals surface area contributed by atoms with Gasteiger partial charge < -0.3 is 14.6 Å². The van der Waals surface area contributed by atoms with Crippen LogP contribution in [0.3, 0.4) is 0 Å². The van der Waals surface area contributed by atoms with E-state index in [0.29, 0.717) is 5.92 Å². The molecule has 2 aromatic heterocycles. The molecule has 0 aliphatic heterocycles. The summed E-state index contributed by atoms with van der Waals surface area (Å²) in [7, 11) is 4.68. The van der Waals surface area contributed by atoms with Crippen LogP contribution in [0.5, 0.6) is 0 Å². The van der Waals surface area contributed by atoms with Gasteiger partial charge in [0.25, 0.3) is 5.56 Å². The van der Waals surface area contributed by atoms with Gasteiger partial charge in [-0.05, 0) is 80.6 Å². The fourth-order valence-corrected chi connectivity index (χ4v) is 5.89. The number of aliphatic hydroxyl groups is 1. The molecule has 1 fully saturated rings. The molecule has 1 unspecified atom stereocenters. The van der Waals surface area contributed by atoms with Gasteiger partial charge in [0.05, 0.1) is 11.9 Å². The summed E-state index contributed by atoms with van der Waals surface area (Å²) in [5.74, 6) is 0.564. The van der Waals surface area contributed by atoms with E-state index in [1.165, 1.54) is 12.8 Å². The van der Waals surface area contributed by atoms with E-state index in [0.717, 1.165) is 63.8 Å². The van der Waals surface area contributed by atoms with Gasteiger partial charge in [-0.15, -0.1) is 0 Å². The van der Waals surface area contributed by atoms with Crippen molar-refractivity contribution in [3.8, 4) is 11.1 Å². The zero-order chi connectivity index (χ0) is 36.7. The van der Waals surface area contributed by atoms with Crippen LogP contribution in [0.2, 0.25) is 0 Å². The van der Waals surface area contributed by atoms with Gasteiger partial charge in [0.1, 0.15) is 0 Å². The molecule has 50 heavy (non-hydrogen) atoms. The summed E-state index contributed by atoms with van der Waals surface area (Å²) in [6.07, 6.45) is 7.79. The van der Waals surface area contributed by atoms with E-state index >= 15 is 0 Å². The fraction of sp³-hybridized carbons (Fsp3) is 0.302. The molecule has 7 nitrogen and oxygen atoms in total. The van der Waals surface area contributed by atoms with Crippen molar-refractivity contribution in [1.82, 2.24) is 14.5 Å². The summed E-state index contributed by atoms with van der Waals surface area (Å²) in [6.45, 7) is 15.2. The normalized spacial score (nSPS) is 13.3. The van der Waals surface area contributed by atoms with Gasteiger partial charge in [-0.25, -0.2) is 0 Å². The zero-order valence-electron chi connectivity index (χ0n) is 31.0. The Labute approximate surface area is 298 Å². The second-order valence-electron chi connectivity index (χ2n) is 11.9. The quantitative estimate of drug-likeness (QED) is 0.125. The highest BCUT2D eigenvalue weighted by atomic mass is 16.2. The van der Waals surface area contributed by atoms with E-state index in [1.54, 1.807) is 19.5 Å². The molecule has 262 valence electrons. The van der Waals surface area contributed by atoms with Gasteiger partial charge in [0, 0.05) is 62.4 Å². The smallest absolute Gasteiger partial charge is 0.251 e. The number of benzene rings is 3. The summed E-state index contributed by atoms with van der Waals surface area (Å²) in [5.41, 5.74) is 6.61. The maximum atomic E-state index is 13.5. The first-order chi connectivity index (χ1) is 24.3. The summed E-state index contributed by atoms with van der Waals surface area (Å²) in [5, 5.41) is 8.01. The average molecular weight is 672 g/mol. The topological polar surface area (TPSA) is 83.1 Å². The number of aromatic nitrogens is 2. The van der Waals surface area contributed by atoms with Crippen LogP contribution in [0.1, 0.15) is 56.0 Å². The molecule has 0 saturated heterocycles. The Balaban J connectivity index is 0.000000595. The lowest BCUT2D eigenvalue weighted by Crippen LogP contribution is -2.36. The first-order valence-corrected chi connectivity index (χ1v) is 17.3. The zero-order valence-corrected chi connectivity index (χ0v) is 31.0. The van der Waals surface area contributed by atoms with Crippen molar-refractivity contribution in [2.24, 2.45) is 15.9 Å². The lowest BCUT2D eigenvalue weighted by molar-refractivity contribution is 0.399. The lowest BCUT2D eigenvalue weighted by Gasteiger charge is -2.36. The number of pyridine rings is 2. The first kappa shape index (κ1) is 39.3. The minimum atomic E-state index is -0.957. The minimum Gasteiger partial charge on any atom is -0.400 e. The van der Waals surface area contributed by atoms with Crippen LogP contribution < -0.4 is 5.56 Å². The predicted octanol–water partition coefficient (Wildman–Crippen LogP) is 8.85. The number of fused-ring (bicyclic) bond motifs is 1. The molecule has 2 heterocycles. The number of hydrogen-bond donors (Lipinski definition) is 1. The van der Waals surface area contributed by atoms with Gasteiger partial charge in [0.15, 0.2) is 5.54 Å². The van der Waals surface area contributed by atoms with Gasteiger partial charge in [-0.1, -0.05) is 98.8 Å². The SMILES string of the molecule is C=C(N(C)C=NC)C(N=CC)(c1ccc(C)nc1)c1ccc2c(c1)c(-c1cccc(C)c1)cc(=O)n2CC1CC1.CC.CO.c1ccccc1. The van der Waals surface area contributed by atoms with Crippen molar-refractivity contribution >= 4 is 23.5 Å². The molecule has 5 aromatic rings. The number of rotatable bonds is 9. The van der Waals surface area contributed by atoms with Gasteiger partial charge in [-0.3, -0.25) is 19.8 Å². The Morgan fingerprint density at radius 2 is 1.60 bits per heavy atom. The molecule has 0 spiro atoms. The maximum Gasteiger partial charge on any atom is 0.251 e. The van der Waals surface area contributed by atoms with E-state index in [1.807, 2.05) is 105 Å². The van der Waals surface area contributed by atoms with Crippen LogP contribution in [0.15, 0.2) is 130 Å². The van der Waals surface area contributed by atoms with Gasteiger partial charge in [-0.2, -0.15) is 0 Å². The molecular weight excluding hydrogens is 619 g/mol. The van der Waals surface area contributed by atoms with E-state index in [-0.39, 0.29) is 5.56 Å².